The molecule has 1 saturated heterocycles. The molecule has 1 aromatic carbocycles. The topological polar surface area (TPSA) is 49.4 Å². The van der Waals surface area contributed by atoms with E-state index in [0.717, 1.165) is 11.3 Å². The van der Waals surface area contributed by atoms with E-state index in [1.165, 1.54) is 10.5 Å². The van der Waals surface area contributed by atoms with Crippen LogP contribution in [0, 0.1) is 25.7 Å². The fourth-order valence-electron chi connectivity index (χ4n) is 3.20. The lowest BCUT2D eigenvalue weighted by Crippen LogP contribution is -2.35. The van der Waals surface area contributed by atoms with Crippen LogP contribution in [-0.2, 0) is 9.59 Å². The zero-order chi connectivity index (χ0) is 15.0. The van der Waals surface area contributed by atoms with E-state index in [1.807, 2.05) is 38.1 Å². The van der Waals surface area contributed by atoms with Gasteiger partial charge in [-0.15, -0.1) is 0 Å². The van der Waals surface area contributed by atoms with Crippen LogP contribution < -0.4 is 5.32 Å². The molecule has 0 aromatic heterocycles. The lowest BCUT2D eigenvalue weighted by molar-refractivity contribution is -0.139. The van der Waals surface area contributed by atoms with Crippen molar-refractivity contribution in [1.29, 1.82) is 0 Å². The third-order valence-electron chi connectivity index (χ3n) is 4.41. The molecule has 1 heterocycles. The zero-order valence-electron chi connectivity index (χ0n) is 12.4. The molecule has 1 aromatic rings. The zero-order valence-corrected chi connectivity index (χ0v) is 12.4. The fraction of sp³-hybridized carbons (Fsp3) is 0.412. The average molecular weight is 284 g/mol. The van der Waals surface area contributed by atoms with Crippen molar-refractivity contribution < 1.29 is 9.59 Å². The smallest absolute Gasteiger partial charge is 0.234 e. The Balaban J connectivity index is 1.71. The standard InChI is InChI=1S/C17H20N2O2/c1-11-7-8-15(12(2)9-11)18-10-19-16(20)13-5-3-4-6-14(13)17(19)21/h3-4,7-9,13-14,18H,5-6,10H2,1-2H3/t13-,14-/m1/s1. The molecule has 1 fully saturated rings. The Morgan fingerprint density at radius 1 is 1.10 bits per heavy atom. The molecule has 2 aliphatic rings. The predicted octanol–water partition coefficient (Wildman–Crippen LogP) is 2.62. The first-order valence-corrected chi connectivity index (χ1v) is 7.39. The van der Waals surface area contributed by atoms with Crippen LogP contribution in [0.2, 0.25) is 0 Å². The van der Waals surface area contributed by atoms with Crippen molar-refractivity contribution in [3.8, 4) is 0 Å². The van der Waals surface area contributed by atoms with E-state index in [4.69, 9.17) is 0 Å². The number of hydrogen-bond acceptors (Lipinski definition) is 3. The second kappa shape index (κ2) is 5.35. The number of nitrogens with one attached hydrogen (secondary N) is 1. The maximum atomic E-state index is 12.3. The van der Waals surface area contributed by atoms with E-state index in [2.05, 4.69) is 11.4 Å². The van der Waals surface area contributed by atoms with Crippen LogP contribution in [0.15, 0.2) is 30.4 Å². The first-order valence-electron chi connectivity index (χ1n) is 7.39. The van der Waals surface area contributed by atoms with Gasteiger partial charge < -0.3 is 5.32 Å². The van der Waals surface area contributed by atoms with Gasteiger partial charge in [0.05, 0.1) is 18.5 Å². The van der Waals surface area contributed by atoms with Gasteiger partial charge in [-0.2, -0.15) is 0 Å². The Morgan fingerprint density at radius 2 is 1.71 bits per heavy atom. The molecule has 1 aliphatic heterocycles. The summed E-state index contributed by atoms with van der Waals surface area (Å²) in [4.78, 5) is 26.1. The summed E-state index contributed by atoms with van der Waals surface area (Å²) in [7, 11) is 0. The molecule has 4 nitrogen and oxygen atoms in total. The van der Waals surface area contributed by atoms with Crippen molar-refractivity contribution in [3.63, 3.8) is 0 Å². The maximum absolute atomic E-state index is 12.3. The van der Waals surface area contributed by atoms with Gasteiger partial charge in [-0.3, -0.25) is 14.5 Å². The van der Waals surface area contributed by atoms with Crippen LogP contribution in [-0.4, -0.2) is 23.4 Å². The Kier molecular flexibility index (Phi) is 3.53. The summed E-state index contributed by atoms with van der Waals surface area (Å²) in [5.41, 5.74) is 3.28. The number of rotatable bonds is 3. The van der Waals surface area contributed by atoms with Crippen molar-refractivity contribution >= 4 is 17.5 Å². The number of hydrogen-bond donors (Lipinski definition) is 1. The van der Waals surface area contributed by atoms with E-state index in [-0.39, 0.29) is 30.3 Å². The SMILES string of the molecule is Cc1ccc(NCN2C(=O)[C@@H]3CC=CC[C@H]3C2=O)c(C)c1. The molecule has 0 bridgehead atoms. The van der Waals surface area contributed by atoms with Crippen LogP contribution in [0.5, 0.6) is 0 Å². The molecule has 3 rings (SSSR count). The second-order valence-electron chi connectivity index (χ2n) is 5.91. The highest BCUT2D eigenvalue weighted by Gasteiger charge is 2.46. The van der Waals surface area contributed by atoms with Gasteiger partial charge in [0.1, 0.15) is 0 Å². The number of carbonyl (C=O) groups excluding carboxylic acids is 2. The molecule has 4 heteroatoms. The quantitative estimate of drug-likeness (QED) is 0.685. The number of allylic oxidation sites excluding steroid dienone is 2. The largest absolute Gasteiger partial charge is 0.367 e. The van der Waals surface area contributed by atoms with Gasteiger partial charge >= 0.3 is 0 Å². The van der Waals surface area contributed by atoms with Gasteiger partial charge in [-0.25, -0.2) is 0 Å². The average Bonchev–Trinajstić information content (AvgIpc) is 2.71. The molecule has 21 heavy (non-hydrogen) atoms. The number of amides is 2. The first kappa shape index (κ1) is 13.9. The molecule has 0 radical (unpaired) electrons. The van der Waals surface area contributed by atoms with Crippen LogP contribution >= 0.6 is 0 Å². The summed E-state index contributed by atoms with van der Waals surface area (Å²) in [5.74, 6) is -0.370. The van der Waals surface area contributed by atoms with E-state index < -0.39 is 0 Å². The monoisotopic (exact) mass is 284 g/mol. The number of carbonyl (C=O) groups is 2. The number of benzene rings is 1. The highest BCUT2D eigenvalue weighted by Crippen LogP contribution is 2.34. The first-order chi connectivity index (χ1) is 10.1. The molecular formula is C17H20N2O2. The number of nitrogens with zero attached hydrogens (tertiary/aromatic N) is 1. The van der Waals surface area contributed by atoms with Crippen LogP contribution in [0.3, 0.4) is 0 Å². The van der Waals surface area contributed by atoms with Crippen LogP contribution in [0.1, 0.15) is 24.0 Å². The van der Waals surface area contributed by atoms with Crippen molar-refractivity contribution in [2.75, 3.05) is 12.0 Å². The molecule has 110 valence electrons. The number of imide groups is 1. The van der Waals surface area contributed by atoms with Gasteiger partial charge in [0.15, 0.2) is 0 Å². The minimum absolute atomic E-state index is 0.0355. The molecule has 2 atom stereocenters. The number of fused-ring (bicyclic) bond motifs is 1. The fourth-order valence-corrected chi connectivity index (χ4v) is 3.20. The summed E-state index contributed by atoms with van der Waals surface area (Å²) in [6.07, 6.45) is 5.39. The Morgan fingerprint density at radius 3 is 2.29 bits per heavy atom. The molecule has 1 N–H and O–H groups in total. The normalized spacial score (nSPS) is 24.4. The summed E-state index contributed by atoms with van der Waals surface area (Å²) in [5, 5.41) is 3.22. The molecule has 0 unspecified atom stereocenters. The van der Waals surface area contributed by atoms with Gasteiger partial charge in [-0.1, -0.05) is 29.8 Å². The van der Waals surface area contributed by atoms with Crippen molar-refractivity contribution in [2.24, 2.45) is 11.8 Å². The van der Waals surface area contributed by atoms with Gasteiger partial charge in [0.25, 0.3) is 0 Å². The highest BCUT2D eigenvalue weighted by molar-refractivity contribution is 6.05. The van der Waals surface area contributed by atoms with E-state index in [0.29, 0.717) is 12.8 Å². The minimum atomic E-state index is -0.150. The summed E-state index contributed by atoms with van der Waals surface area (Å²) < 4.78 is 0. The van der Waals surface area contributed by atoms with Crippen molar-refractivity contribution in [1.82, 2.24) is 4.90 Å². The van der Waals surface area contributed by atoms with Gasteiger partial charge in [0, 0.05) is 5.69 Å². The summed E-state index contributed by atoms with van der Waals surface area (Å²) in [6, 6.07) is 6.09. The number of anilines is 1. The molecule has 0 saturated carbocycles. The molecule has 0 spiro atoms. The minimum Gasteiger partial charge on any atom is -0.367 e. The highest BCUT2D eigenvalue weighted by atomic mass is 16.2. The van der Waals surface area contributed by atoms with Crippen LogP contribution in [0.4, 0.5) is 5.69 Å². The third-order valence-corrected chi connectivity index (χ3v) is 4.41. The lowest BCUT2D eigenvalue weighted by atomic mass is 9.85. The Labute approximate surface area is 124 Å². The predicted molar refractivity (Wildman–Crippen MR) is 81.6 cm³/mol. The number of aryl methyl sites for hydroxylation is 2. The summed E-state index contributed by atoms with van der Waals surface area (Å²) >= 11 is 0. The number of likely N-dealkylation sites (tertiary alicyclic amines) is 1. The van der Waals surface area contributed by atoms with E-state index >= 15 is 0 Å². The van der Waals surface area contributed by atoms with Gasteiger partial charge in [-0.05, 0) is 38.3 Å². The van der Waals surface area contributed by atoms with E-state index in [9.17, 15) is 9.59 Å². The van der Waals surface area contributed by atoms with Crippen molar-refractivity contribution in [2.45, 2.75) is 26.7 Å². The van der Waals surface area contributed by atoms with Crippen molar-refractivity contribution in [3.05, 3.63) is 41.5 Å². The van der Waals surface area contributed by atoms with Crippen LogP contribution in [0.25, 0.3) is 0 Å². The Hall–Kier alpha value is -2.10. The van der Waals surface area contributed by atoms with Gasteiger partial charge in [0.2, 0.25) is 11.8 Å². The molecule has 1 aliphatic carbocycles. The Bertz CT molecular complexity index is 595. The third kappa shape index (κ3) is 2.46. The molecule has 2 amide bonds. The lowest BCUT2D eigenvalue weighted by Gasteiger charge is -2.17. The molecular weight excluding hydrogens is 264 g/mol. The second-order valence-corrected chi connectivity index (χ2v) is 5.91. The van der Waals surface area contributed by atoms with E-state index in [1.54, 1.807) is 0 Å². The maximum Gasteiger partial charge on any atom is 0.234 e. The summed E-state index contributed by atoms with van der Waals surface area (Å²) in [6.45, 7) is 4.32.